The molecule has 0 aliphatic heterocycles. The Kier molecular flexibility index (Phi) is 13.9. The summed E-state index contributed by atoms with van der Waals surface area (Å²) in [4.78, 5) is 8.81. The maximum absolute atomic E-state index is 6.33. The van der Waals surface area contributed by atoms with Gasteiger partial charge in [0.1, 0.15) is 11.6 Å². The van der Waals surface area contributed by atoms with Crippen molar-refractivity contribution in [1.82, 2.24) is 4.98 Å². The highest BCUT2D eigenvalue weighted by Gasteiger charge is 2.26. The molecule has 1 saturated carbocycles. The number of aromatic nitrogens is 1. The Labute approximate surface area is 253 Å². The Bertz CT molecular complexity index is 1200. The zero-order valence-electron chi connectivity index (χ0n) is 26.0. The van der Waals surface area contributed by atoms with Crippen LogP contribution in [0.25, 0.3) is 5.57 Å². The van der Waals surface area contributed by atoms with E-state index in [1.54, 1.807) is 13.3 Å². The van der Waals surface area contributed by atoms with E-state index in [2.05, 4.69) is 54.8 Å². The fourth-order valence-electron chi connectivity index (χ4n) is 5.28. The molecule has 0 unspecified atom stereocenters. The lowest BCUT2D eigenvalue weighted by Gasteiger charge is -2.18. The van der Waals surface area contributed by atoms with Crippen LogP contribution in [0.3, 0.4) is 0 Å². The van der Waals surface area contributed by atoms with E-state index in [1.165, 1.54) is 65.5 Å². The molecule has 2 aliphatic rings. The Morgan fingerprint density at radius 1 is 1.17 bits per heavy atom. The molecule has 0 spiro atoms. The van der Waals surface area contributed by atoms with E-state index in [0.29, 0.717) is 5.15 Å². The first-order valence-corrected chi connectivity index (χ1v) is 15.7. The van der Waals surface area contributed by atoms with Gasteiger partial charge in [-0.2, -0.15) is 0 Å². The highest BCUT2D eigenvalue weighted by molar-refractivity contribution is 6.33. The highest BCUT2D eigenvalue weighted by atomic mass is 35.5. The molecule has 0 atom stereocenters. The molecule has 1 aromatic heterocycles. The lowest BCUT2D eigenvalue weighted by atomic mass is 9.88. The number of hydrogen-bond acceptors (Lipinski definition) is 4. The van der Waals surface area contributed by atoms with Crippen molar-refractivity contribution in [2.45, 2.75) is 91.4 Å². The number of aliphatic imine (C=N–C) groups is 1. The van der Waals surface area contributed by atoms with E-state index in [-0.39, 0.29) is 0 Å². The van der Waals surface area contributed by atoms with Crippen LogP contribution in [0, 0.1) is 5.92 Å². The summed E-state index contributed by atoms with van der Waals surface area (Å²) in [5.74, 6) is 2.84. The molecule has 0 bridgehead atoms. The van der Waals surface area contributed by atoms with Gasteiger partial charge >= 0.3 is 0 Å². The van der Waals surface area contributed by atoms with Crippen LogP contribution in [-0.4, -0.2) is 38.2 Å². The van der Waals surface area contributed by atoms with Gasteiger partial charge < -0.3 is 14.8 Å². The normalized spacial score (nSPS) is 14.7. The van der Waals surface area contributed by atoms with Gasteiger partial charge in [-0.3, -0.25) is 4.99 Å². The molecule has 6 heteroatoms. The van der Waals surface area contributed by atoms with E-state index in [4.69, 9.17) is 21.1 Å². The van der Waals surface area contributed by atoms with Crippen molar-refractivity contribution in [3.8, 4) is 5.75 Å². The lowest BCUT2D eigenvalue weighted by Crippen LogP contribution is -2.16. The first-order valence-electron chi connectivity index (χ1n) is 15.4. The summed E-state index contributed by atoms with van der Waals surface area (Å²) < 4.78 is 11.6. The number of methoxy groups -OCH3 is 1. The van der Waals surface area contributed by atoms with Crippen LogP contribution in [0.2, 0.25) is 5.15 Å². The topological polar surface area (TPSA) is 55.7 Å². The van der Waals surface area contributed by atoms with Crippen LogP contribution in [0.5, 0.6) is 5.75 Å². The number of rotatable bonds is 14. The first kappa shape index (κ1) is 32.9. The molecule has 2 aromatic rings. The summed E-state index contributed by atoms with van der Waals surface area (Å²) >= 11 is 6.33. The van der Waals surface area contributed by atoms with E-state index in [0.717, 1.165) is 74.9 Å². The molecular formula is C35H50ClN3O2. The number of fused-ring (bicyclic) bond motifs is 1. The van der Waals surface area contributed by atoms with Crippen LogP contribution in [-0.2, 0) is 17.6 Å². The fourth-order valence-corrected chi connectivity index (χ4v) is 5.44. The molecule has 224 valence electrons. The van der Waals surface area contributed by atoms with Gasteiger partial charge in [0.15, 0.2) is 5.15 Å². The zero-order chi connectivity index (χ0) is 29.6. The van der Waals surface area contributed by atoms with Crippen LogP contribution < -0.4 is 10.1 Å². The molecule has 41 heavy (non-hydrogen) atoms. The van der Waals surface area contributed by atoms with E-state index in [9.17, 15) is 0 Å². The molecule has 0 radical (unpaired) electrons. The minimum atomic E-state index is 0.433. The Morgan fingerprint density at radius 3 is 2.54 bits per heavy atom. The summed E-state index contributed by atoms with van der Waals surface area (Å²) in [7, 11) is 3.56. The second kappa shape index (κ2) is 17.4. The number of unbranched alkanes of at least 4 members (excludes halogenated alkanes) is 2. The SMILES string of the molecule is C=C(C)CCCCCOCCCC1=C(C(=NC)Nc2cccnc2Cl)Cc2cc(OC)c(CC)cc21.CC1CCC1. The Morgan fingerprint density at radius 2 is 1.93 bits per heavy atom. The largest absolute Gasteiger partial charge is 0.496 e. The quantitative estimate of drug-likeness (QED) is 0.0796. The maximum atomic E-state index is 6.33. The average molecular weight is 580 g/mol. The molecule has 0 saturated heterocycles. The number of nitrogens with zero attached hydrogens (tertiary/aromatic N) is 2. The molecule has 2 aliphatic carbocycles. The number of aryl methyl sites for hydroxylation is 1. The van der Waals surface area contributed by atoms with Crippen molar-refractivity contribution < 1.29 is 9.47 Å². The summed E-state index contributed by atoms with van der Waals surface area (Å²) in [6, 6.07) is 8.27. The molecule has 1 aromatic carbocycles. The van der Waals surface area contributed by atoms with E-state index >= 15 is 0 Å². The number of benzene rings is 1. The van der Waals surface area contributed by atoms with Crippen LogP contribution in [0.1, 0.15) is 95.2 Å². The monoisotopic (exact) mass is 579 g/mol. The van der Waals surface area contributed by atoms with E-state index < -0.39 is 0 Å². The highest BCUT2D eigenvalue weighted by Crippen LogP contribution is 2.40. The van der Waals surface area contributed by atoms with E-state index in [1.807, 2.05) is 19.2 Å². The molecule has 1 fully saturated rings. The predicted octanol–water partition coefficient (Wildman–Crippen LogP) is 9.50. The number of halogens is 1. The number of amidine groups is 1. The van der Waals surface area contributed by atoms with Gasteiger partial charge in [-0.15, -0.1) is 6.58 Å². The number of hydrogen-bond donors (Lipinski definition) is 1. The minimum absolute atomic E-state index is 0.433. The van der Waals surface area contributed by atoms with Crippen molar-refractivity contribution >= 4 is 28.7 Å². The fraction of sp³-hybridized carbons (Fsp3) is 0.543. The number of nitrogens with one attached hydrogen (secondary N) is 1. The predicted molar refractivity (Wildman–Crippen MR) is 176 cm³/mol. The van der Waals surface area contributed by atoms with Crippen molar-refractivity contribution in [2.75, 3.05) is 32.7 Å². The second-order valence-electron chi connectivity index (χ2n) is 11.4. The third-order valence-electron chi connectivity index (χ3n) is 7.97. The Balaban J connectivity index is 0.000000832. The van der Waals surface area contributed by atoms with Crippen molar-refractivity contribution in [3.63, 3.8) is 0 Å². The number of pyridine rings is 1. The third-order valence-corrected chi connectivity index (χ3v) is 8.27. The molecule has 5 nitrogen and oxygen atoms in total. The Hall–Kier alpha value is -2.63. The van der Waals surface area contributed by atoms with Crippen LogP contribution in [0.15, 0.2) is 53.2 Å². The smallest absolute Gasteiger partial charge is 0.152 e. The summed E-state index contributed by atoms with van der Waals surface area (Å²) in [5, 5.41) is 3.86. The molecule has 1 N–H and O–H groups in total. The standard InChI is InChI=1S/C30H40ClN3O2.C5H10/c1-6-22-18-25-23(20-28(22)35-5)19-26(30(32-4)34-27-14-10-15-33-29(27)31)24(25)13-11-17-36-16-9-7-8-12-21(2)3;1-5-3-2-4-5/h10,14-15,18,20H,2,6-9,11-13,16-17,19H2,1,3-5H3,(H,32,34);5H,2-4H2,1H3. The van der Waals surface area contributed by atoms with Crippen molar-refractivity contribution in [2.24, 2.45) is 10.9 Å². The molecular weight excluding hydrogens is 530 g/mol. The van der Waals surface area contributed by atoms with Crippen molar-refractivity contribution in [1.29, 1.82) is 0 Å². The lowest BCUT2D eigenvalue weighted by molar-refractivity contribution is 0.128. The van der Waals surface area contributed by atoms with Gasteiger partial charge in [0.2, 0.25) is 0 Å². The first-order chi connectivity index (χ1) is 19.9. The molecule has 1 heterocycles. The van der Waals surface area contributed by atoms with Gasteiger partial charge in [0.05, 0.1) is 12.8 Å². The van der Waals surface area contributed by atoms with Crippen LogP contribution >= 0.6 is 11.6 Å². The maximum Gasteiger partial charge on any atom is 0.152 e. The van der Waals surface area contributed by atoms with Gasteiger partial charge in [-0.25, -0.2) is 4.98 Å². The summed E-state index contributed by atoms with van der Waals surface area (Å²) in [6.45, 7) is 12.1. The third kappa shape index (κ3) is 10.0. The number of allylic oxidation sites excluding steroid dienone is 2. The second-order valence-corrected chi connectivity index (χ2v) is 11.7. The van der Waals surface area contributed by atoms with Crippen LogP contribution in [0.4, 0.5) is 5.69 Å². The van der Waals surface area contributed by atoms with Crippen molar-refractivity contribution in [3.05, 3.63) is 70.0 Å². The number of ether oxygens (including phenoxy) is 2. The van der Waals surface area contributed by atoms with Gasteiger partial charge in [0.25, 0.3) is 0 Å². The average Bonchev–Trinajstić information content (AvgIpc) is 3.31. The minimum Gasteiger partial charge on any atom is -0.496 e. The zero-order valence-corrected chi connectivity index (χ0v) is 26.7. The summed E-state index contributed by atoms with van der Waals surface area (Å²) in [6.07, 6.45) is 14.4. The van der Waals surface area contributed by atoms with Gasteiger partial charge in [0, 0.05) is 38.5 Å². The summed E-state index contributed by atoms with van der Waals surface area (Å²) in [5.41, 5.74) is 8.32. The number of anilines is 1. The molecule has 0 amide bonds. The molecule has 4 rings (SSSR count). The van der Waals surface area contributed by atoms with Gasteiger partial charge in [-0.05, 0) is 97.9 Å². The van der Waals surface area contributed by atoms with Gasteiger partial charge in [-0.1, -0.05) is 56.7 Å².